The van der Waals surface area contributed by atoms with E-state index in [1.165, 1.54) is 29.4 Å². The van der Waals surface area contributed by atoms with Crippen molar-refractivity contribution in [2.24, 2.45) is 0 Å². The molecule has 0 aliphatic carbocycles. The highest BCUT2D eigenvalue weighted by Gasteiger charge is 2.10. The van der Waals surface area contributed by atoms with Gasteiger partial charge in [0.25, 0.3) is 5.91 Å². The molecule has 2 aromatic carbocycles. The first-order chi connectivity index (χ1) is 15.1. The smallest absolute Gasteiger partial charge is 0.291 e. The fourth-order valence-corrected chi connectivity index (χ4v) is 4.32. The Labute approximate surface area is 195 Å². The van der Waals surface area contributed by atoms with Crippen LogP contribution in [0.1, 0.15) is 10.6 Å². The van der Waals surface area contributed by atoms with Gasteiger partial charge in [-0.05, 0) is 48.5 Å². The van der Waals surface area contributed by atoms with Gasteiger partial charge >= 0.3 is 0 Å². The second-order valence-electron chi connectivity index (χ2n) is 6.34. The van der Waals surface area contributed by atoms with Crippen LogP contribution in [0.25, 0.3) is 11.3 Å². The van der Waals surface area contributed by atoms with E-state index in [4.69, 9.17) is 4.42 Å². The Hall–Kier alpha value is -2.88. The highest BCUT2D eigenvalue weighted by Crippen LogP contribution is 2.27. The molecule has 31 heavy (non-hydrogen) atoms. The number of nitrogens with one attached hydrogen (secondary N) is 2. The average molecular weight is 514 g/mol. The Balaban J connectivity index is 1.27. The van der Waals surface area contributed by atoms with Gasteiger partial charge in [0.05, 0.1) is 17.7 Å². The third-order valence-electron chi connectivity index (χ3n) is 4.12. The topological polar surface area (TPSA) is 84.2 Å². The maximum absolute atomic E-state index is 12.3. The number of rotatable bonds is 7. The molecule has 0 aliphatic rings. The Morgan fingerprint density at radius 1 is 1.03 bits per heavy atom. The molecule has 4 rings (SSSR count). The summed E-state index contributed by atoms with van der Waals surface area (Å²) < 4.78 is 6.07. The van der Waals surface area contributed by atoms with E-state index in [1.54, 1.807) is 24.3 Å². The molecule has 4 aromatic rings. The third kappa shape index (κ3) is 5.84. The number of carbonyl (C=O) groups is 2. The van der Waals surface area contributed by atoms with Crippen molar-refractivity contribution in [1.82, 2.24) is 4.98 Å². The highest BCUT2D eigenvalue weighted by atomic mass is 79.9. The molecule has 0 unspecified atom stereocenters. The SMILES string of the molecule is O=C(CSc1ccc(NC(=O)c2ccco2)cc1)Nc1nc(-c2ccc(Br)cc2)cs1. The lowest BCUT2D eigenvalue weighted by molar-refractivity contribution is -0.113. The summed E-state index contributed by atoms with van der Waals surface area (Å²) in [5.74, 6) is 0.0684. The van der Waals surface area contributed by atoms with Crippen LogP contribution >= 0.6 is 39.0 Å². The van der Waals surface area contributed by atoms with E-state index in [1.807, 2.05) is 41.8 Å². The van der Waals surface area contributed by atoms with E-state index >= 15 is 0 Å². The summed E-state index contributed by atoms with van der Waals surface area (Å²) in [4.78, 5) is 29.7. The molecule has 0 aliphatic heterocycles. The summed E-state index contributed by atoms with van der Waals surface area (Å²) in [6.45, 7) is 0. The van der Waals surface area contributed by atoms with Crippen molar-refractivity contribution in [3.63, 3.8) is 0 Å². The summed E-state index contributed by atoms with van der Waals surface area (Å²) in [6, 6.07) is 18.4. The second-order valence-corrected chi connectivity index (χ2v) is 9.16. The number of aromatic nitrogens is 1. The summed E-state index contributed by atoms with van der Waals surface area (Å²) >= 11 is 6.21. The molecule has 2 aromatic heterocycles. The van der Waals surface area contributed by atoms with Crippen molar-refractivity contribution in [2.45, 2.75) is 4.90 Å². The quantitative estimate of drug-likeness (QED) is 0.289. The highest BCUT2D eigenvalue weighted by molar-refractivity contribution is 9.10. The summed E-state index contributed by atoms with van der Waals surface area (Å²) in [7, 11) is 0. The van der Waals surface area contributed by atoms with Crippen LogP contribution < -0.4 is 10.6 Å². The van der Waals surface area contributed by atoms with Crippen LogP contribution in [0.15, 0.2) is 86.1 Å². The minimum absolute atomic E-state index is 0.128. The van der Waals surface area contributed by atoms with Crippen LogP contribution in [0.5, 0.6) is 0 Å². The maximum atomic E-state index is 12.3. The molecule has 2 N–H and O–H groups in total. The Kier molecular flexibility index (Phi) is 6.86. The Morgan fingerprint density at radius 3 is 2.52 bits per heavy atom. The fourth-order valence-electron chi connectivity index (χ4n) is 2.62. The molecule has 156 valence electrons. The molecule has 0 atom stereocenters. The number of nitrogens with zero attached hydrogens (tertiary/aromatic N) is 1. The Bertz CT molecular complexity index is 1170. The first-order valence-electron chi connectivity index (χ1n) is 9.16. The Morgan fingerprint density at radius 2 is 1.81 bits per heavy atom. The molecule has 0 bridgehead atoms. The summed E-state index contributed by atoms with van der Waals surface area (Å²) in [5, 5.41) is 8.08. The van der Waals surface area contributed by atoms with E-state index < -0.39 is 0 Å². The minimum atomic E-state index is -0.310. The number of hydrogen-bond donors (Lipinski definition) is 2. The van der Waals surface area contributed by atoms with Crippen LogP contribution in [0.2, 0.25) is 0 Å². The van der Waals surface area contributed by atoms with E-state index in [9.17, 15) is 9.59 Å². The van der Waals surface area contributed by atoms with Crippen LogP contribution in [-0.4, -0.2) is 22.6 Å². The van der Waals surface area contributed by atoms with Crippen LogP contribution in [-0.2, 0) is 4.79 Å². The van der Waals surface area contributed by atoms with Gasteiger partial charge in [-0.25, -0.2) is 4.98 Å². The minimum Gasteiger partial charge on any atom is -0.459 e. The summed E-state index contributed by atoms with van der Waals surface area (Å²) in [5.41, 5.74) is 2.47. The van der Waals surface area contributed by atoms with Crippen molar-refractivity contribution < 1.29 is 14.0 Å². The van der Waals surface area contributed by atoms with Crippen LogP contribution in [0.4, 0.5) is 10.8 Å². The predicted molar refractivity (Wildman–Crippen MR) is 128 cm³/mol. The van der Waals surface area contributed by atoms with Gasteiger partial charge in [-0.2, -0.15) is 0 Å². The van der Waals surface area contributed by atoms with E-state index in [0.717, 1.165) is 20.6 Å². The molecule has 6 nitrogen and oxygen atoms in total. The van der Waals surface area contributed by atoms with Gasteiger partial charge in [-0.3, -0.25) is 9.59 Å². The van der Waals surface area contributed by atoms with Crippen molar-refractivity contribution in [1.29, 1.82) is 0 Å². The normalized spacial score (nSPS) is 10.6. The standard InChI is InChI=1S/C22H16BrN3O3S2/c23-15-5-3-14(4-6-15)18-12-31-22(25-18)26-20(27)13-30-17-9-7-16(8-10-17)24-21(28)19-2-1-11-29-19/h1-12H,13H2,(H,24,28)(H,25,26,27). The second kappa shape index (κ2) is 9.95. The van der Waals surface area contributed by atoms with E-state index in [-0.39, 0.29) is 23.3 Å². The van der Waals surface area contributed by atoms with E-state index in [0.29, 0.717) is 10.8 Å². The van der Waals surface area contributed by atoms with Crippen molar-refractivity contribution in [2.75, 3.05) is 16.4 Å². The van der Waals surface area contributed by atoms with Crippen LogP contribution in [0.3, 0.4) is 0 Å². The van der Waals surface area contributed by atoms with Crippen molar-refractivity contribution in [3.05, 3.63) is 82.5 Å². The first-order valence-corrected chi connectivity index (χ1v) is 11.8. The van der Waals surface area contributed by atoms with E-state index in [2.05, 4.69) is 31.5 Å². The predicted octanol–water partition coefficient (Wildman–Crippen LogP) is 6.15. The number of halogens is 1. The zero-order valence-electron chi connectivity index (χ0n) is 16.0. The molecule has 0 spiro atoms. The molecule has 2 amide bonds. The zero-order valence-corrected chi connectivity index (χ0v) is 19.2. The molecule has 2 heterocycles. The van der Waals surface area contributed by atoms with Gasteiger partial charge in [0, 0.05) is 26.0 Å². The molecule has 9 heteroatoms. The lowest BCUT2D eigenvalue weighted by Crippen LogP contribution is -2.13. The molecule has 0 radical (unpaired) electrons. The number of carbonyl (C=O) groups excluding carboxylic acids is 2. The van der Waals surface area contributed by atoms with Gasteiger partial charge in [0.1, 0.15) is 0 Å². The van der Waals surface area contributed by atoms with Gasteiger partial charge in [0.2, 0.25) is 5.91 Å². The fraction of sp³-hybridized carbons (Fsp3) is 0.0455. The number of thiazole rings is 1. The number of furan rings is 1. The zero-order chi connectivity index (χ0) is 21.6. The third-order valence-corrected chi connectivity index (χ3v) is 6.42. The van der Waals surface area contributed by atoms with Gasteiger partial charge in [-0.15, -0.1) is 23.1 Å². The van der Waals surface area contributed by atoms with Crippen molar-refractivity contribution >= 4 is 61.7 Å². The van der Waals surface area contributed by atoms with Gasteiger partial charge < -0.3 is 15.1 Å². The van der Waals surface area contributed by atoms with Crippen molar-refractivity contribution in [3.8, 4) is 11.3 Å². The molecular weight excluding hydrogens is 498 g/mol. The molecular formula is C22H16BrN3O3S2. The average Bonchev–Trinajstić information content (AvgIpc) is 3.46. The molecule has 0 saturated carbocycles. The first kappa shape index (κ1) is 21.4. The molecule has 0 saturated heterocycles. The number of thioether (sulfide) groups is 1. The summed E-state index contributed by atoms with van der Waals surface area (Å²) in [6.07, 6.45) is 1.45. The monoisotopic (exact) mass is 513 g/mol. The largest absolute Gasteiger partial charge is 0.459 e. The number of anilines is 2. The lowest BCUT2D eigenvalue weighted by Gasteiger charge is -2.05. The lowest BCUT2D eigenvalue weighted by atomic mass is 10.2. The van der Waals surface area contributed by atoms with Crippen LogP contribution in [0, 0.1) is 0 Å². The molecule has 0 fully saturated rings. The maximum Gasteiger partial charge on any atom is 0.291 e. The number of amides is 2. The van der Waals surface area contributed by atoms with Gasteiger partial charge in [0.15, 0.2) is 10.9 Å². The van der Waals surface area contributed by atoms with Gasteiger partial charge in [-0.1, -0.05) is 28.1 Å². The number of benzene rings is 2. The number of hydrogen-bond acceptors (Lipinski definition) is 6.